The SMILES string of the molecule is CC(=O)NC1=NC(=O)/C(=C\c2ccccc2OCc2ccc(C)cc2)S1. The number of carbonyl (C=O) groups is 2. The quantitative estimate of drug-likeness (QED) is 0.838. The molecule has 0 unspecified atom stereocenters. The molecule has 0 aromatic heterocycles. The molecular formula is C20H18N2O3S. The van der Waals surface area contributed by atoms with E-state index in [1.54, 1.807) is 6.08 Å². The van der Waals surface area contributed by atoms with Crippen LogP contribution in [-0.2, 0) is 16.2 Å². The number of carbonyl (C=O) groups excluding carboxylic acids is 2. The van der Waals surface area contributed by atoms with Crippen molar-refractivity contribution in [3.8, 4) is 5.75 Å². The molecule has 5 nitrogen and oxygen atoms in total. The highest BCUT2D eigenvalue weighted by Crippen LogP contribution is 2.30. The number of amides is 2. The first-order chi connectivity index (χ1) is 12.5. The molecule has 2 aromatic rings. The minimum absolute atomic E-state index is 0.257. The summed E-state index contributed by atoms with van der Waals surface area (Å²) in [6.07, 6.45) is 1.73. The van der Waals surface area contributed by atoms with Crippen molar-refractivity contribution < 1.29 is 14.3 Å². The first-order valence-corrected chi connectivity index (χ1v) is 8.90. The van der Waals surface area contributed by atoms with Crippen LogP contribution in [0.3, 0.4) is 0 Å². The number of thioether (sulfide) groups is 1. The zero-order valence-electron chi connectivity index (χ0n) is 14.5. The number of nitrogens with zero attached hydrogens (tertiary/aromatic N) is 1. The fourth-order valence-corrected chi connectivity index (χ4v) is 3.18. The van der Waals surface area contributed by atoms with E-state index in [1.807, 2.05) is 55.5 Å². The molecule has 1 heterocycles. The zero-order valence-corrected chi connectivity index (χ0v) is 15.3. The lowest BCUT2D eigenvalue weighted by molar-refractivity contribution is -0.117. The van der Waals surface area contributed by atoms with Crippen LogP contribution in [0.1, 0.15) is 23.6 Å². The Balaban J connectivity index is 1.74. The van der Waals surface area contributed by atoms with Gasteiger partial charge in [-0.3, -0.25) is 9.59 Å². The highest BCUT2D eigenvalue weighted by Gasteiger charge is 2.22. The first kappa shape index (κ1) is 17.9. The lowest BCUT2D eigenvalue weighted by Gasteiger charge is -2.10. The van der Waals surface area contributed by atoms with Gasteiger partial charge in [-0.15, -0.1) is 0 Å². The second-order valence-electron chi connectivity index (χ2n) is 5.83. The molecule has 0 saturated carbocycles. The summed E-state index contributed by atoms with van der Waals surface area (Å²) in [4.78, 5) is 27.4. The van der Waals surface area contributed by atoms with Gasteiger partial charge in [-0.2, -0.15) is 4.99 Å². The molecule has 3 rings (SSSR count). The summed E-state index contributed by atoms with van der Waals surface area (Å²) in [6, 6.07) is 15.6. The average molecular weight is 366 g/mol. The van der Waals surface area contributed by atoms with Gasteiger partial charge in [0.25, 0.3) is 5.91 Å². The molecule has 0 fully saturated rings. The van der Waals surface area contributed by atoms with Crippen molar-refractivity contribution in [3.05, 3.63) is 70.1 Å². The van der Waals surface area contributed by atoms with Crippen LogP contribution in [0.2, 0.25) is 0 Å². The van der Waals surface area contributed by atoms with Crippen molar-refractivity contribution in [2.75, 3.05) is 0 Å². The van der Waals surface area contributed by atoms with Gasteiger partial charge in [0.05, 0.1) is 4.91 Å². The molecule has 0 bridgehead atoms. The van der Waals surface area contributed by atoms with E-state index in [0.717, 1.165) is 22.9 Å². The second-order valence-corrected chi connectivity index (χ2v) is 6.86. The number of aryl methyl sites for hydroxylation is 1. The third kappa shape index (κ3) is 4.61. The Hall–Kier alpha value is -2.86. The van der Waals surface area contributed by atoms with Crippen molar-refractivity contribution in [1.29, 1.82) is 0 Å². The van der Waals surface area contributed by atoms with Crippen LogP contribution in [0.25, 0.3) is 6.08 Å². The lowest BCUT2D eigenvalue weighted by atomic mass is 10.1. The van der Waals surface area contributed by atoms with Crippen LogP contribution in [0.4, 0.5) is 0 Å². The predicted molar refractivity (Wildman–Crippen MR) is 104 cm³/mol. The van der Waals surface area contributed by atoms with Gasteiger partial charge in [-0.1, -0.05) is 48.0 Å². The average Bonchev–Trinajstić information content (AvgIpc) is 2.94. The molecule has 1 N–H and O–H groups in total. The van der Waals surface area contributed by atoms with Crippen molar-refractivity contribution >= 4 is 34.8 Å². The molecule has 0 aliphatic carbocycles. The summed E-state index contributed by atoms with van der Waals surface area (Å²) in [7, 11) is 0. The Morgan fingerprint density at radius 1 is 1.19 bits per heavy atom. The van der Waals surface area contributed by atoms with Gasteiger partial charge in [0, 0.05) is 12.5 Å². The van der Waals surface area contributed by atoms with Crippen LogP contribution in [-0.4, -0.2) is 17.0 Å². The maximum Gasteiger partial charge on any atom is 0.286 e. The lowest BCUT2D eigenvalue weighted by Crippen LogP contribution is -2.23. The number of ether oxygens (including phenoxy) is 1. The monoisotopic (exact) mass is 366 g/mol. The summed E-state index contributed by atoms with van der Waals surface area (Å²) < 4.78 is 5.93. The zero-order chi connectivity index (χ0) is 18.5. The first-order valence-electron chi connectivity index (χ1n) is 8.09. The van der Waals surface area contributed by atoms with Crippen molar-refractivity contribution in [2.45, 2.75) is 20.5 Å². The van der Waals surface area contributed by atoms with E-state index in [-0.39, 0.29) is 11.8 Å². The van der Waals surface area contributed by atoms with Crippen molar-refractivity contribution in [1.82, 2.24) is 5.32 Å². The van der Waals surface area contributed by atoms with Gasteiger partial charge in [0.2, 0.25) is 5.91 Å². The van der Waals surface area contributed by atoms with Crippen LogP contribution in [0.5, 0.6) is 5.75 Å². The smallest absolute Gasteiger partial charge is 0.286 e. The molecule has 26 heavy (non-hydrogen) atoms. The summed E-state index contributed by atoms with van der Waals surface area (Å²) in [5, 5.41) is 2.83. The third-order valence-electron chi connectivity index (χ3n) is 3.62. The van der Waals surface area contributed by atoms with Crippen LogP contribution in [0.15, 0.2) is 58.4 Å². The van der Waals surface area contributed by atoms with Crippen LogP contribution < -0.4 is 10.1 Å². The third-order valence-corrected chi connectivity index (χ3v) is 4.52. The highest BCUT2D eigenvalue weighted by atomic mass is 32.2. The van der Waals surface area contributed by atoms with Crippen molar-refractivity contribution in [3.63, 3.8) is 0 Å². The highest BCUT2D eigenvalue weighted by molar-refractivity contribution is 8.18. The molecule has 0 radical (unpaired) electrons. The number of aliphatic imine (C=N–C) groups is 1. The summed E-state index contributed by atoms with van der Waals surface area (Å²) in [5.41, 5.74) is 3.06. The number of nitrogens with one attached hydrogen (secondary N) is 1. The maximum atomic E-state index is 12.0. The van der Waals surface area contributed by atoms with Crippen LogP contribution in [0, 0.1) is 6.92 Å². The molecule has 6 heteroatoms. The Labute approximate surface area is 156 Å². The number of rotatable bonds is 4. The van der Waals surface area contributed by atoms with Crippen LogP contribution >= 0.6 is 11.8 Å². The molecule has 0 atom stereocenters. The van der Waals surface area contributed by atoms with E-state index >= 15 is 0 Å². The van der Waals surface area contributed by atoms with E-state index in [1.165, 1.54) is 12.5 Å². The minimum Gasteiger partial charge on any atom is -0.488 e. The summed E-state index contributed by atoms with van der Waals surface area (Å²) in [6.45, 7) is 3.86. The Morgan fingerprint density at radius 3 is 2.65 bits per heavy atom. The largest absolute Gasteiger partial charge is 0.488 e. The fourth-order valence-electron chi connectivity index (χ4n) is 2.33. The van der Waals surface area contributed by atoms with Gasteiger partial charge < -0.3 is 10.1 Å². The molecule has 1 aliphatic heterocycles. The fraction of sp³-hybridized carbons (Fsp3) is 0.150. The second kappa shape index (κ2) is 8.01. The summed E-state index contributed by atoms with van der Waals surface area (Å²) in [5.74, 6) is 0.0566. The Bertz CT molecular complexity index is 902. The molecule has 1 aliphatic rings. The molecule has 0 saturated heterocycles. The number of amidine groups is 1. The Kier molecular flexibility index (Phi) is 5.53. The van der Waals surface area contributed by atoms with Crippen molar-refractivity contribution in [2.24, 2.45) is 4.99 Å². The number of para-hydroxylation sites is 1. The molecular weight excluding hydrogens is 348 g/mol. The number of hydrogen-bond acceptors (Lipinski definition) is 4. The molecule has 2 amide bonds. The minimum atomic E-state index is -0.368. The Morgan fingerprint density at radius 2 is 1.92 bits per heavy atom. The molecule has 2 aromatic carbocycles. The van der Waals surface area contributed by atoms with Gasteiger partial charge in [-0.05, 0) is 36.4 Å². The van der Waals surface area contributed by atoms with Gasteiger partial charge >= 0.3 is 0 Å². The van der Waals surface area contributed by atoms with E-state index in [9.17, 15) is 9.59 Å². The normalized spacial score (nSPS) is 15.1. The standard InChI is InChI=1S/C20H18N2O3S/c1-13-7-9-15(10-8-13)12-25-17-6-4-3-5-16(17)11-18-19(24)22-20(26-18)21-14(2)23/h3-11H,12H2,1-2H3,(H,21,22,23,24)/b18-11+. The molecule has 132 valence electrons. The predicted octanol–water partition coefficient (Wildman–Crippen LogP) is 3.68. The number of benzene rings is 2. The number of hydrogen-bond donors (Lipinski definition) is 1. The maximum absolute atomic E-state index is 12.0. The van der Waals surface area contributed by atoms with Gasteiger partial charge in [0.15, 0.2) is 5.17 Å². The van der Waals surface area contributed by atoms with Gasteiger partial charge in [-0.25, -0.2) is 0 Å². The van der Waals surface area contributed by atoms with E-state index in [2.05, 4.69) is 10.3 Å². The van der Waals surface area contributed by atoms with E-state index in [0.29, 0.717) is 22.4 Å². The van der Waals surface area contributed by atoms with Gasteiger partial charge in [0.1, 0.15) is 12.4 Å². The van der Waals surface area contributed by atoms with E-state index in [4.69, 9.17) is 4.74 Å². The summed E-state index contributed by atoms with van der Waals surface area (Å²) >= 11 is 1.14. The topological polar surface area (TPSA) is 67.8 Å². The van der Waals surface area contributed by atoms with E-state index < -0.39 is 0 Å². The molecule has 0 spiro atoms.